The smallest absolute Gasteiger partial charge is 0.308 e. The van der Waals surface area contributed by atoms with Crippen molar-refractivity contribution in [1.29, 1.82) is 0 Å². The lowest BCUT2D eigenvalue weighted by Crippen LogP contribution is -2.47. The highest BCUT2D eigenvalue weighted by molar-refractivity contribution is 5.78. The van der Waals surface area contributed by atoms with Gasteiger partial charge in [0.1, 0.15) is 0 Å². The minimum atomic E-state index is -0.291. The van der Waals surface area contributed by atoms with E-state index >= 15 is 0 Å². The standard InChI is InChI=1S/C13H24N2O5/c1-18-6-3-4-14-12(16)10-15-5-7-20-11(9-15)8-13(17)19-2/h11H,3-10H2,1-2H3,(H,14,16). The topological polar surface area (TPSA) is 77.1 Å². The number of nitrogens with zero attached hydrogens (tertiary/aromatic N) is 1. The van der Waals surface area contributed by atoms with E-state index in [1.54, 1.807) is 7.11 Å². The van der Waals surface area contributed by atoms with Gasteiger partial charge >= 0.3 is 5.97 Å². The number of nitrogens with one attached hydrogen (secondary N) is 1. The molecular formula is C13H24N2O5. The van der Waals surface area contributed by atoms with Crippen LogP contribution in [0.25, 0.3) is 0 Å². The van der Waals surface area contributed by atoms with Gasteiger partial charge < -0.3 is 19.5 Å². The zero-order chi connectivity index (χ0) is 14.8. The molecule has 20 heavy (non-hydrogen) atoms. The number of ether oxygens (including phenoxy) is 3. The van der Waals surface area contributed by atoms with Gasteiger partial charge in [-0.05, 0) is 6.42 Å². The number of hydrogen-bond donors (Lipinski definition) is 1. The molecule has 7 nitrogen and oxygen atoms in total. The summed E-state index contributed by atoms with van der Waals surface area (Å²) >= 11 is 0. The Balaban J connectivity index is 2.22. The van der Waals surface area contributed by atoms with Crippen LogP contribution in [0, 0.1) is 0 Å². The third-order valence-electron chi connectivity index (χ3n) is 3.06. The maximum Gasteiger partial charge on any atom is 0.308 e. The Hall–Kier alpha value is -1.18. The van der Waals surface area contributed by atoms with Crippen molar-refractivity contribution in [3.63, 3.8) is 0 Å². The van der Waals surface area contributed by atoms with E-state index < -0.39 is 0 Å². The molecule has 0 aromatic heterocycles. The van der Waals surface area contributed by atoms with Crippen LogP contribution in [0.15, 0.2) is 0 Å². The molecule has 7 heteroatoms. The van der Waals surface area contributed by atoms with Gasteiger partial charge in [-0.2, -0.15) is 0 Å². The zero-order valence-electron chi connectivity index (χ0n) is 12.2. The molecule has 1 atom stereocenters. The van der Waals surface area contributed by atoms with Crippen LogP contribution in [-0.2, 0) is 23.8 Å². The number of rotatable bonds is 8. The highest BCUT2D eigenvalue weighted by Gasteiger charge is 2.24. The SMILES string of the molecule is COCCCNC(=O)CN1CCOC(CC(=O)OC)C1. The van der Waals surface area contributed by atoms with Crippen molar-refractivity contribution in [2.24, 2.45) is 0 Å². The quantitative estimate of drug-likeness (QED) is 0.475. The van der Waals surface area contributed by atoms with Crippen LogP contribution < -0.4 is 5.32 Å². The highest BCUT2D eigenvalue weighted by atomic mass is 16.5. The summed E-state index contributed by atoms with van der Waals surface area (Å²) < 4.78 is 15.0. The first-order valence-corrected chi connectivity index (χ1v) is 6.82. The summed E-state index contributed by atoms with van der Waals surface area (Å²) in [4.78, 5) is 24.9. The maximum atomic E-state index is 11.7. The summed E-state index contributed by atoms with van der Waals surface area (Å²) in [5, 5.41) is 2.84. The Kier molecular flexibility index (Phi) is 8.17. The van der Waals surface area contributed by atoms with E-state index in [0.29, 0.717) is 39.4 Å². The van der Waals surface area contributed by atoms with Crippen molar-refractivity contribution in [2.45, 2.75) is 18.9 Å². The van der Waals surface area contributed by atoms with Gasteiger partial charge in [0.2, 0.25) is 5.91 Å². The molecule has 1 fully saturated rings. The summed E-state index contributed by atoms with van der Waals surface area (Å²) in [7, 11) is 2.99. The Labute approximate surface area is 119 Å². The lowest BCUT2D eigenvalue weighted by atomic mass is 10.2. The van der Waals surface area contributed by atoms with Gasteiger partial charge in [-0.25, -0.2) is 0 Å². The van der Waals surface area contributed by atoms with Gasteiger partial charge in [-0.3, -0.25) is 14.5 Å². The van der Waals surface area contributed by atoms with Crippen molar-refractivity contribution in [1.82, 2.24) is 10.2 Å². The van der Waals surface area contributed by atoms with E-state index in [0.717, 1.165) is 6.42 Å². The molecule has 1 aliphatic heterocycles. The van der Waals surface area contributed by atoms with E-state index in [1.807, 2.05) is 4.90 Å². The molecule has 1 heterocycles. The molecule has 1 unspecified atom stereocenters. The lowest BCUT2D eigenvalue weighted by molar-refractivity contribution is -0.145. The van der Waals surface area contributed by atoms with Gasteiger partial charge in [0.15, 0.2) is 0 Å². The molecule has 116 valence electrons. The molecule has 0 aromatic rings. The summed E-state index contributed by atoms with van der Waals surface area (Å²) in [6.45, 7) is 3.37. The number of methoxy groups -OCH3 is 2. The first-order chi connectivity index (χ1) is 9.65. The fourth-order valence-corrected chi connectivity index (χ4v) is 2.02. The van der Waals surface area contributed by atoms with E-state index in [9.17, 15) is 9.59 Å². The molecule has 1 N–H and O–H groups in total. The average Bonchev–Trinajstić information content (AvgIpc) is 2.44. The second-order valence-electron chi connectivity index (χ2n) is 4.70. The zero-order valence-corrected chi connectivity index (χ0v) is 12.2. The van der Waals surface area contributed by atoms with E-state index in [1.165, 1.54) is 7.11 Å². The molecule has 0 bridgehead atoms. The third-order valence-corrected chi connectivity index (χ3v) is 3.06. The second kappa shape index (κ2) is 9.68. The van der Waals surface area contributed by atoms with Crippen molar-refractivity contribution in [2.75, 3.05) is 53.6 Å². The molecule has 0 saturated carbocycles. The summed E-state index contributed by atoms with van der Waals surface area (Å²) in [5.41, 5.74) is 0. The normalized spacial score (nSPS) is 19.6. The Morgan fingerprint density at radius 2 is 2.20 bits per heavy atom. The minimum Gasteiger partial charge on any atom is -0.469 e. The van der Waals surface area contributed by atoms with E-state index in [2.05, 4.69) is 10.1 Å². The maximum absolute atomic E-state index is 11.7. The van der Waals surface area contributed by atoms with Crippen molar-refractivity contribution in [3.05, 3.63) is 0 Å². The van der Waals surface area contributed by atoms with Crippen LogP contribution in [-0.4, -0.2) is 76.5 Å². The van der Waals surface area contributed by atoms with Crippen molar-refractivity contribution >= 4 is 11.9 Å². The molecule has 1 saturated heterocycles. The number of carbonyl (C=O) groups is 2. The lowest BCUT2D eigenvalue weighted by Gasteiger charge is -2.31. The van der Waals surface area contributed by atoms with Gasteiger partial charge in [0.05, 0.1) is 32.8 Å². The van der Waals surface area contributed by atoms with Gasteiger partial charge in [0, 0.05) is 33.4 Å². The number of amides is 1. The number of esters is 1. The fourth-order valence-electron chi connectivity index (χ4n) is 2.02. The first-order valence-electron chi connectivity index (χ1n) is 6.82. The largest absolute Gasteiger partial charge is 0.469 e. The van der Waals surface area contributed by atoms with Crippen LogP contribution in [0.4, 0.5) is 0 Å². The molecule has 0 aliphatic carbocycles. The van der Waals surface area contributed by atoms with Gasteiger partial charge in [0.25, 0.3) is 0 Å². The van der Waals surface area contributed by atoms with Gasteiger partial charge in [-0.1, -0.05) is 0 Å². The summed E-state index contributed by atoms with van der Waals surface area (Å²) in [6, 6.07) is 0. The van der Waals surface area contributed by atoms with Crippen LogP contribution in [0.1, 0.15) is 12.8 Å². The fraction of sp³-hybridized carbons (Fsp3) is 0.846. The predicted octanol–water partition coefficient (Wildman–Crippen LogP) is -0.597. The highest BCUT2D eigenvalue weighted by Crippen LogP contribution is 2.09. The Bertz CT molecular complexity index is 311. The molecule has 1 rings (SSSR count). The average molecular weight is 288 g/mol. The minimum absolute atomic E-state index is 0.0141. The molecule has 1 amide bonds. The predicted molar refractivity (Wildman–Crippen MR) is 72.3 cm³/mol. The molecule has 0 radical (unpaired) electrons. The third kappa shape index (κ3) is 6.83. The second-order valence-corrected chi connectivity index (χ2v) is 4.70. The number of morpholine rings is 1. The Morgan fingerprint density at radius 1 is 1.40 bits per heavy atom. The van der Waals surface area contributed by atoms with Crippen LogP contribution in [0.5, 0.6) is 0 Å². The number of carbonyl (C=O) groups excluding carboxylic acids is 2. The molecule has 1 aliphatic rings. The number of hydrogen-bond acceptors (Lipinski definition) is 6. The van der Waals surface area contributed by atoms with Crippen molar-refractivity contribution < 1.29 is 23.8 Å². The van der Waals surface area contributed by atoms with E-state index in [-0.39, 0.29) is 24.4 Å². The van der Waals surface area contributed by atoms with Crippen LogP contribution in [0.2, 0.25) is 0 Å². The Morgan fingerprint density at radius 3 is 2.90 bits per heavy atom. The molecule has 0 aromatic carbocycles. The van der Waals surface area contributed by atoms with Crippen LogP contribution >= 0.6 is 0 Å². The van der Waals surface area contributed by atoms with Crippen LogP contribution in [0.3, 0.4) is 0 Å². The van der Waals surface area contributed by atoms with Gasteiger partial charge in [-0.15, -0.1) is 0 Å². The van der Waals surface area contributed by atoms with E-state index in [4.69, 9.17) is 9.47 Å². The summed E-state index contributed by atoms with van der Waals surface area (Å²) in [6.07, 6.45) is 0.830. The summed E-state index contributed by atoms with van der Waals surface area (Å²) in [5.74, 6) is -0.305. The van der Waals surface area contributed by atoms with Crippen molar-refractivity contribution in [3.8, 4) is 0 Å². The monoisotopic (exact) mass is 288 g/mol. The first kappa shape index (κ1) is 16.9. The molecule has 0 spiro atoms. The molecular weight excluding hydrogens is 264 g/mol.